The molecule has 5 heteroatoms. The summed E-state index contributed by atoms with van der Waals surface area (Å²) in [6.07, 6.45) is 2.81. The topological polar surface area (TPSA) is 64.4 Å². The molecule has 0 saturated heterocycles. The predicted octanol–water partition coefficient (Wildman–Crippen LogP) is 4.96. The third kappa shape index (κ3) is 3.10. The van der Waals surface area contributed by atoms with Crippen molar-refractivity contribution in [2.24, 2.45) is 0 Å². The van der Waals surface area contributed by atoms with Gasteiger partial charge < -0.3 is 9.84 Å². The van der Waals surface area contributed by atoms with Crippen LogP contribution in [-0.2, 0) is 4.74 Å². The number of esters is 1. The van der Waals surface area contributed by atoms with E-state index in [0.717, 1.165) is 36.2 Å². The van der Waals surface area contributed by atoms with E-state index in [0.29, 0.717) is 16.8 Å². The first-order valence-corrected chi connectivity index (χ1v) is 9.29. The van der Waals surface area contributed by atoms with Gasteiger partial charge in [0.05, 0.1) is 16.9 Å². The van der Waals surface area contributed by atoms with Gasteiger partial charge in [0.15, 0.2) is 0 Å². The molecule has 4 rings (SSSR count). The largest absolute Gasteiger partial charge is 0.507 e. The molecule has 5 nitrogen and oxygen atoms in total. The highest BCUT2D eigenvalue weighted by molar-refractivity contribution is 5.94. The van der Waals surface area contributed by atoms with Gasteiger partial charge in [0, 0.05) is 16.8 Å². The Kier molecular flexibility index (Phi) is 4.44. The molecule has 0 spiro atoms. The molecule has 27 heavy (non-hydrogen) atoms. The van der Waals surface area contributed by atoms with E-state index < -0.39 is 0 Å². The number of aromatic hydroxyl groups is 1. The molecular formula is C22H22N2O3. The molecular weight excluding hydrogens is 340 g/mol. The second kappa shape index (κ2) is 6.91. The number of nitrogens with zero attached hydrogens (tertiary/aromatic N) is 2. The average molecular weight is 362 g/mol. The monoisotopic (exact) mass is 362 g/mol. The Morgan fingerprint density at radius 1 is 1.15 bits per heavy atom. The number of benzene rings is 2. The second-order valence-electron chi connectivity index (χ2n) is 6.91. The van der Waals surface area contributed by atoms with Gasteiger partial charge >= 0.3 is 5.97 Å². The number of unbranched alkanes of at least 4 members (excludes halogenated alkanes) is 1. The number of ether oxygens (including phenoxy) is 1. The van der Waals surface area contributed by atoms with Gasteiger partial charge in [0.25, 0.3) is 0 Å². The van der Waals surface area contributed by atoms with Crippen molar-refractivity contribution < 1.29 is 14.6 Å². The lowest BCUT2D eigenvalue weighted by molar-refractivity contribution is 0.0364. The van der Waals surface area contributed by atoms with Crippen LogP contribution in [0.3, 0.4) is 0 Å². The second-order valence-corrected chi connectivity index (χ2v) is 6.91. The number of phenols is 1. The lowest BCUT2D eigenvalue weighted by Gasteiger charge is -2.10. The Bertz CT molecular complexity index is 1010. The van der Waals surface area contributed by atoms with Crippen LogP contribution < -0.4 is 0 Å². The highest BCUT2D eigenvalue weighted by atomic mass is 16.5. The number of aryl methyl sites for hydroxylation is 1. The molecule has 0 bridgehead atoms. The van der Waals surface area contributed by atoms with E-state index in [2.05, 4.69) is 12.0 Å². The van der Waals surface area contributed by atoms with Gasteiger partial charge in [-0.1, -0.05) is 31.5 Å². The summed E-state index contributed by atoms with van der Waals surface area (Å²) in [4.78, 5) is 12.3. The van der Waals surface area contributed by atoms with Gasteiger partial charge in [0.1, 0.15) is 11.9 Å². The minimum Gasteiger partial charge on any atom is -0.507 e. The van der Waals surface area contributed by atoms with Crippen molar-refractivity contribution >= 4 is 5.97 Å². The summed E-state index contributed by atoms with van der Waals surface area (Å²) in [5.41, 5.74) is 4.67. The number of carbonyl (C=O) groups excluding carboxylic acids is 1. The van der Waals surface area contributed by atoms with Crippen molar-refractivity contribution in [3.8, 4) is 22.7 Å². The highest BCUT2D eigenvalue weighted by Gasteiger charge is 2.31. The van der Waals surface area contributed by atoms with Crippen molar-refractivity contribution in [3.63, 3.8) is 0 Å². The van der Waals surface area contributed by atoms with Crippen LogP contribution >= 0.6 is 0 Å². The molecule has 1 aliphatic heterocycles. The van der Waals surface area contributed by atoms with Gasteiger partial charge in [-0.2, -0.15) is 5.10 Å². The molecule has 2 heterocycles. The molecule has 0 fully saturated rings. The van der Waals surface area contributed by atoms with Gasteiger partial charge in [-0.15, -0.1) is 0 Å². The molecule has 0 aliphatic carbocycles. The van der Waals surface area contributed by atoms with Crippen molar-refractivity contribution in [2.75, 3.05) is 0 Å². The SMILES string of the molecule is CCCCC1OC(=O)c2cc(-n3nc(-c4ccccc4O)cc3C)ccc21. The fraction of sp³-hybridized carbons (Fsp3) is 0.273. The lowest BCUT2D eigenvalue weighted by atomic mass is 10.0. The molecule has 1 aromatic heterocycles. The van der Waals surface area contributed by atoms with E-state index in [1.807, 2.05) is 43.3 Å². The lowest BCUT2D eigenvalue weighted by Crippen LogP contribution is -2.01. The zero-order valence-electron chi connectivity index (χ0n) is 15.5. The minimum absolute atomic E-state index is 0.142. The first-order chi connectivity index (χ1) is 13.1. The van der Waals surface area contributed by atoms with Crippen molar-refractivity contribution in [2.45, 2.75) is 39.2 Å². The normalized spacial score (nSPS) is 15.6. The van der Waals surface area contributed by atoms with Crippen LogP contribution in [0.25, 0.3) is 16.9 Å². The Balaban J connectivity index is 1.70. The van der Waals surface area contributed by atoms with Crippen LogP contribution in [0, 0.1) is 6.92 Å². The molecule has 0 radical (unpaired) electrons. The minimum atomic E-state index is -0.265. The van der Waals surface area contributed by atoms with Crippen molar-refractivity contribution in [1.29, 1.82) is 0 Å². The Morgan fingerprint density at radius 3 is 2.74 bits per heavy atom. The molecule has 1 N–H and O–H groups in total. The molecule has 0 saturated carbocycles. The van der Waals surface area contributed by atoms with Gasteiger partial charge in [-0.25, -0.2) is 9.48 Å². The Labute approximate surface area is 158 Å². The molecule has 2 aromatic carbocycles. The van der Waals surface area contributed by atoms with E-state index >= 15 is 0 Å². The molecule has 1 unspecified atom stereocenters. The van der Waals surface area contributed by atoms with Gasteiger partial charge in [-0.3, -0.25) is 0 Å². The zero-order chi connectivity index (χ0) is 19.0. The maximum atomic E-state index is 12.3. The van der Waals surface area contributed by atoms with Crippen LogP contribution in [0.1, 0.15) is 53.9 Å². The Morgan fingerprint density at radius 2 is 1.96 bits per heavy atom. The van der Waals surface area contributed by atoms with Crippen molar-refractivity contribution in [1.82, 2.24) is 9.78 Å². The predicted molar refractivity (Wildman–Crippen MR) is 103 cm³/mol. The molecule has 0 amide bonds. The zero-order valence-corrected chi connectivity index (χ0v) is 15.5. The summed E-state index contributed by atoms with van der Waals surface area (Å²) in [7, 11) is 0. The number of aromatic nitrogens is 2. The average Bonchev–Trinajstić information content (AvgIpc) is 3.20. The van der Waals surface area contributed by atoms with Crippen molar-refractivity contribution in [3.05, 3.63) is 65.4 Å². The third-order valence-electron chi connectivity index (χ3n) is 4.98. The van der Waals surface area contributed by atoms with Crippen LogP contribution in [0.5, 0.6) is 5.75 Å². The highest BCUT2D eigenvalue weighted by Crippen LogP contribution is 2.36. The fourth-order valence-corrected chi connectivity index (χ4v) is 3.55. The number of fused-ring (bicyclic) bond motifs is 1. The number of rotatable bonds is 5. The number of hydrogen-bond acceptors (Lipinski definition) is 4. The van der Waals surface area contributed by atoms with E-state index in [-0.39, 0.29) is 17.8 Å². The van der Waals surface area contributed by atoms with Crippen LogP contribution in [0.4, 0.5) is 0 Å². The van der Waals surface area contributed by atoms with Crippen LogP contribution in [-0.4, -0.2) is 20.9 Å². The number of para-hydroxylation sites is 1. The van der Waals surface area contributed by atoms with Crippen LogP contribution in [0.15, 0.2) is 48.5 Å². The molecule has 1 atom stereocenters. The van der Waals surface area contributed by atoms with Gasteiger partial charge in [0.2, 0.25) is 0 Å². The van der Waals surface area contributed by atoms with E-state index in [4.69, 9.17) is 4.74 Å². The summed E-state index contributed by atoms with van der Waals surface area (Å²) in [6, 6.07) is 14.8. The van der Waals surface area contributed by atoms with Crippen LogP contribution in [0.2, 0.25) is 0 Å². The fourth-order valence-electron chi connectivity index (χ4n) is 3.55. The maximum absolute atomic E-state index is 12.3. The van der Waals surface area contributed by atoms with Gasteiger partial charge in [-0.05, 0) is 50.1 Å². The number of phenolic OH excluding ortho intramolecular Hbond substituents is 1. The number of hydrogen-bond donors (Lipinski definition) is 1. The first kappa shape index (κ1) is 17.3. The van der Waals surface area contributed by atoms with E-state index in [9.17, 15) is 9.90 Å². The first-order valence-electron chi connectivity index (χ1n) is 9.29. The van der Waals surface area contributed by atoms with E-state index in [1.165, 1.54) is 0 Å². The standard InChI is InChI=1S/C22H22N2O3/c1-3-4-9-21-16-11-10-15(13-18(16)22(26)27-21)24-14(2)12-19(23-24)17-7-5-6-8-20(17)25/h5-8,10-13,21,25H,3-4,9H2,1-2H3. The Hall–Kier alpha value is -3.08. The molecule has 138 valence electrons. The molecule has 3 aromatic rings. The summed E-state index contributed by atoms with van der Waals surface area (Å²) in [5.74, 6) is -0.0721. The summed E-state index contributed by atoms with van der Waals surface area (Å²) < 4.78 is 7.33. The third-order valence-corrected chi connectivity index (χ3v) is 4.98. The number of carbonyl (C=O) groups is 1. The summed E-state index contributed by atoms with van der Waals surface area (Å²) in [6.45, 7) is 4.08. The number of cyclic esters (lactones) is 1. The maximum Gasteiger partial charge on any atom is 0.339 e. The summed E-state index contributed by atoms with van der Waals surface area (Å²) in [5, 5.41) is 14.7. The summed E-state index contributed by atoms with van der Waals surface area (Å²) >= 11 is 0. The smallest absolute Gasteiger partial charge is 0.339 e. The van der Waals surface area contributed by atoms with E-state index in [1.54, 1.807) is 16.8 Å². The molecule has 1 aliphatic rings. The quantitative estimate of drug-likeness (QED) is 0.652.